The summed E-state index contributed by atoms with van der Waals surface area (Å²) in [5.74, 6) is -0.739. The highest BCUT2D eigenvalue weighted by molar-refractivity contribution is 5.18. The van der Waals surface area contributed by atoms with Crippen molar-refractivity contribution in [3.63, 3.8) is 0 Å². The van der Waals surface area contributed by atoms with E-state index in [-0.39, 0.29) is 5.82 Å². The third-order valence-electron chi connectivity index (χ3n) is 2.62. The molecule has 0 radical (unpaired) electrons. The predicted octanol–water partition coefficient (Wildman–Crippen LogP) is 2.53. The zero-order valence-corrected chi connectivity index (χ0v) is 10.3. The van der Waals surface area contributed by atoms with Gasteiger partial charge in [-0.15, -0.1) is 0 Å². The third-order valence-corrected chi connectivity index (χ3v) is 2.62. The molecule has 96 valence electrons. The summed E-state index contributed by atoms with van der Waals surface area (Å²) < 4.78 is 26.5. The van der Waals surface area contributed by atoms with Gasteiger partial charge >= 0.3 is 0 Å². The van der Waals surface area contributed by atoms with Crippen molar-refractivity contribution in [1.29, 1.82) is 0 Å². The SMILES string of the molecule is CCCN(CCCN)Cc1cc(F)ccc1F. The van der Waals surface area contributed by atoms with Crippen LogP contribution in [-0.2, 0) is 6.54 Å². The lowest BCUT2D eigenvalue weighted by molar-refractivity contribution is 0.260. The Bertz CT molecular complexity index is 342. The summed E-state index contributed by atoms with van der Waals surface area (Å²) >= 11 is 0. The standard InChI is InChI=1S/C13H20F2N2/c1-2-7-17(8-3-6-16)10-11-9-12(14)4-5-13(11)15/h4-5,9H,2-3,6-8,10,16H2,1H3. The van der Waals surface area contributed by atoms with E-state index in [0.29, 0.717) is 18.7 Å². The summed E-state index contributed by atoms with van der Waals surface area (Å²) in [6.07, 6.45) is 1.86. The molecule has 4 heteroatoms. The molecule has 2 N–H and O–H groups in total. The Morgan fingerprint density at radius 1 is 1.24 bits per heavy atom. The molecule has 2 nitrogen and oxygen atoms in total. The van der Waals surface area contributed by atoms with E-state index in [9.17, 15) is 8.78 Å². The number of benzene rings is 1. The maximum atomic E-state index is 13.5. The van der Waals surface area contributed by atoms with E-state index < -0.39 is 5.82 Å². The average molecular weight is 242 g/mol. The van der Waals surface area contributed by atoms with Crippen molar-refractivity contribution in [3.05, 3.63) is 35.4 Å². The minimum atomic E-state index is -0.392. The van der Waals surface area contributed by atoms with Gasteiger partial charge < -0.3 is 5.73 Å². The smallest absolute Gasteiger partial charge is 0.127 e. The van der Waals surface area contributed by atoms with E-state index in [4.69, 9.17) is 5.73 Å². The Morgan fingerprint density at radius 2 is 2.00 bits per heavy atom. The van der Waals surface area contributed by atoms with Crippen LogP contribution in [0.2, 0.25) is 0 Å². The van der Waals surface area contributed by atoms with Crippen LogP contribution in [0.4, 0.5) is 8.78 Å². The van der Waals surface area contributed by atoms with E-state index in [1.807, 2.05) is 0 Å². The second-order valence-electron chi connectivity index (χ2n) is 4.15. The molecule has 0 aliphatic carbocycles. The summed E-state index contributed by atoms with van der Waals surface area (Å²) in [7, 11) is 0. The quantitative estimate of drug-likeness (QED) is 0.796. The van der Waals surface area contributed by atoms with Gasteiger partial charge in [-0.1, -0.05) is 6.92 Å². The van der Waals surface area contributed by atoms with Gasteiger partial charge in [0.05, 0.1) is 0 Å². The second kappa shape index (κ2) is 7.35. The van der Waals surface area contributed by atoms with Crippen LogP contribution in [0.1, 0.15) is 25.3 Å². The minimum Gasteiger partial charge on any atom is -0.330 e. The van der Waals surface area contributed by atoms with Crippen molar-refractivity contribution in [3.8, 4) is 0 Å². The first-order valence-corrected chi connectivity index (χ1v) is 6.03. The average Bonchev–Trinajstić information content (AvgIpc) is 2.31. The van der Waals surface area contributed by atoms with Crippen LogP contribution >= 0.6 is 0 Å². The minimum absolute atomic E-state index is 0.347. The molecule has 0 saturated heterocycles. The topological polar surface area (TPSA) is 29.3 Å². The fraction of sp³-hybridized carbons (Fsp3) is 0.538. The van der Waals surface area contributed by atoms with Crippen LogP contribution in [0.15, 0.2) is 18.2 Å². The third kappa shape index (κ3) is 4.79. The van der Waals surface area contributed by atoms with Crippen molar-refractivity contribution < 1.29 is 8.78 Å². The summed E-state index contributed by atoms with van der Waals surface area (Å²) in [6, 6.07) is 3.58. The first kappa shape index (κ1) is 14.1. The van der Waals surface area contributed by atoms with Gasteiger partial charge in [-0.3, -0.25) is 4.90 Å². The number of hydrogen-bond donors (Lipinski definition) is 1. The Labute approximate surface area is 101 Å². The fourth-order valence-electron chi connectivity index (χ4n) is 1.81. The Kier molecular flexibility index (Phi) is 6.08. The Hall–Kier alpha value is -1.00. The first-order chi connectivity index (χ1) is 8.17. The lowest BCUT2D eigenvalue weighted by atomic mass is 10.2. The number of rotatable bonds is 7. The number of hydrogen-bond acceptors (Lipinski definition) is 2. The molecule has 1 aromatic rings. The van der Waals surface area contributed by atoms with Gasteiger partial charge in [0, 0.05) is 12.1 Å². The summed E-state index contributed by atoms with van der Waals surface area (Å²) in [6.45, 7) is 4.82. The van der Waals surface area contributed by atoms with Gasteiger partial charge in [0.2, 0.25) is 0 Å². The molecule has 0 unspecified atom stereocenters. The Balaban J connectivity index is 2.67. The van der Waals surface area contributed by atoms with Gasteiger partial charge in [-0.05, 0) is 50.7 Å². The molecule has 0 fully saturated rings. The summed E-state index contributed by atoms with van der Waals surface area (Å²) in [5.41, 5.74) is 5.87. The highest BCUT2D eigenvalue weighted by Crippen LogP contribution is 2.12. The summed E-state index contributed by atoms with van der Waals surface area (Å²) in [4.78, 5) is 2.10. The molecular formula is C13H20F2N2. The van der Waals surface area contributed by atoms with E-state index in [1.54, 1.807) is 0 Å². The van der Waals surface area contributed by atoms with Crippen molar-refractivity contribution in [2.45, 2.75) is 26.3 Å². The maximum Gasteiger partial charge on any atom is 0.127 e. The zero-order valence-electron chi connectivity index (χ0n) is 10.3. The van der Waals surface area contributed by atoms with Crippen LogP contribution in [0, 0.1) is 11.6 Å². The van der Waals surface area contributed by atoms with E-state index in [0.717, 1.165) is 32.0 Å². The molecule has 0 aliphatic heterocycles. The van der Waals surface area contributed by atoms with E-state index in [1.165, 1.54) is 12.1 Å². The van der Waals surface area contributed by atoms with Gasteiger partial charge in [-0.25, -0.2) is 8.78 Å². The maximum absolute atomic E-state index is 13.5. The van der Waals surface area contributed by atoms with E-state index >= 15 is 0 Å². The van der Waals surface area contributed by atoms with Crippen LogP contribution in [0.25, 0.3) is 0 Å². The van der Waals surface area contributed by atoms with Crippen molar-refractivity contribution in [2.24, 2.45) is 5.73 Å². The lowest BCUT2D eigenvalue weighted by Gasteiger charge is -2.21. The molecule has 17 heavy (non-hydrogen) atoms. The molecule has 0 atom stereocenters. The van der Waals surface area contributed by atoms with Gasteiger partial charge in [0.25, 0.3) is 0 Å². The lowest BCUT2D eigenvalue weighted by Crippen LogP contribution is -2.27. The van der Waals surface area contributed by atoms with Gasteiger partial charge in [0.15, 0.2) is 0 Å². The first-order valence-electron chi connectivity index (χ1n) is 6.03. The molecule has 0 bridgehead atoms. The zero-order chi connectivity index (χ0) is 12.7. The molecule has 0 amide bonds. The van der Waals surface area contributed by atoms with Crippen LogP contribution in [0.5, 0.6) is 0 Å². The molecule has 0 heterocycles. The summed E-state index contributed by atoms with van der Waals surface area (Å²) in [5, 5.41) is 0. The monoisotopic (exact) mass is 242 g/mol. The van der Waals surface area contributed by atoms with Crippen molar-refractivity contribution in [1.82, 2.24) is 4.90 Å². The van der Waals surface area contributed by atoms with Crippen LogP contribution < -0.4 is 5.73 Å². The molecule has 1 aromatic carbocycles. The van der Waals surface area contributed by atoms with Gasteiger partial charge in [-0.2, -0.15) is 0 Å². The highest BCUT2D eigenvalue weighted by atomic mass is 19.1. The van der Waals surface area contributed by atoms with Gasteiger partial charge in [0.1, 0.15) is 11.6 Å². The van der Waals surface area contributed by atoms with Crippen LogP contribution in [0.3, 0.4) is 0 Å². The highest BCUT2D eigenvalue weighted by Gasteiger charge is 2.09. The largest absolute Gasteiger partial charge is 0.330 e. The normalized spacial score (nSPS) is 11.1. The molecular weight excluding hydrogens is 222 g/mol. The molecule has 0 aliphatic rings. The van der Waals surface area contributed by atoms with Crippen molar-refractivity contribution in [2.75, 3.05) is 19.6 Å². The fourth-order valence-corrected chi connectivity index (χ4v) is 1.81. The molecule has 0 spiro atoms. The molecule has 0 aromatic heterocycles. The van der Waals surface area contributed by atoms with E-state index in [2.05, 4.69) is 11.8 Å². The predicted molar refractivity (Wildman–Crippen MR) is 65.6 cm³/mol. The number of nitrogens with zero attached hydrogens (tertiary/aromatic N) is 1. The van der Waals surface area contributed by atoms with Crippen molar-refractivity contribution >= 4 is 0 Å². The molecule has 0 saturated carbocycles. The number of nitrogens with two attached hydrogens (primary N) is 1. The second-order valence-corrected chi connectivity index (χ2v) is 4.15. The molecule has 1 rings (SSSR count). The van der Waals surface area contributed by atoms with Crippen LogP contribution in [-0.4, -0.2) is 24.5 Å². The number of halogens is 2. The Morgan fingerprint density at radius 3 is 2.65 bits per heavy atom.